The van der Waals surface area contributed by atoms with Crippen molar-refractivity contribution in [2.75, 3.05) is 17.7 Å². The van der Waals surface area contributed by atoms with Crippen molar-refractivity contribution in [1.29, 1.82) is 0 Å². The van der Waals surface area contributed by atoms with Crippen molar-refractivity contribution in [3.8, 4) is 0 Å². The molecule has 2 heteroatoms. The van der Waals surface area contributed by atoms with Crippen molar-refractivity contribution >= 4 is 17.4 Å². The van der Waals surface area contributed by atoms with Crippen molar-refractivity contribution in [2.24, 2.45) is 0 Å². The molecule has 0 radical (unpaired) electrons. The van der Waals surface area contributed by atoms with E-state index in [0.717, 1.165) is 0 Å². The van der Waals surface area contributed by atoms with Crippen LogP contribution >= 0.6 is 11.8 Å². The third kappa shape index (κ3) is 1.20. The van der Waals surface area contributed by atoms with Crippen LogP contribution in [0.2, 0.25) is 0 Å². The number of anilines is 1. The lowest BCUT2D eigenvalue weighted by Gasteiger charge is -2.33. The molecule has 1 nitrogen and oxygen atoms in total. The molecule has 12 heavy (non-hydrogen) atoms. The lowest BCUT2D eigenvalue weighted by atomic mass is 10.2. The second-order valence-corrected chi connectivity index (χ2v) is 4.30. The van der Waals surface area contributed by atoms with Crippen molar-refractivity contribution in [3.63, 3.8) is 0 Å². The molecule has 0 fully saturated rings. The first kappa shape index (κ1) is 7.99. The Bertz CT molecular complexity index is 285. The number of hydrogen-bond donors (Lipinski definition) is 0. The number of rotatable bonds is 0. The first-order valence-electron chi connectivity index (χ1n) is 4.23. The maximum atomic E-state index is 2.35. The quantitative estimate of drug-likeness (QED) is 0.602. The second-order valence-electron chi connectivity index (χ2n) is 3.24. The molecule has 1 aliphatic heterocycles. The molecule has 0 saturated carbocycles. The number of para-hydroxylation sites is 1. The van der Waals surface area contributed by atoms with Gasteiger partial charge < -0.3 is 4.90 Å². The molecule has 1 aromatic rings. The minimum absolute atomic E-state index is 0.657. The van der Waals surface area contributed by atoms with Crippen LogP contribution in [-0.2, 0) is 0 Å². The standard InChI is InChI=1S/C10H13NS/c1-8-7-12-10-6-4-3-5-9(10)11(8)2/h3-6,8H,7H2,1-2H3. The minimum Gasteiger partial charge on any atom is -0.370 e. The Labute approximate surface area is 77.8 Å². The van der Waals surface area contributed by atoms with Gasteiger partial charge in [-0.1, -0.05) is 12.1 Å². The summed E-state index contributed by atoms with van der Waals surface area (Å²) in [4.78, 5) is 3.77. The fourth-order valence-corrected chi connectivity index (χ4v) is 2.61. The fraction of sp³-hybridized carbons (Fsp3) is 0.400. The van der Waals surface area contributed by atoms with E-state index in [-0.39, 0.29) is 0 Å². The Morgan fingerprint density at radius 2 is 2.17 bits per heavy atom. The van der Waals surface area contributed by atoms with Gasteiger partial charge in [0.1, 0.15) is 0 Å². The Morgan fingerprint density at radius 3 is 3.00 bits per heavy atom. The van der Waals surface area contributed by atoms with Crippen LogP contribution in [0.5, 0.6) is 0 Å². The highest BCUT2D eigenvalue weighted by molar-refractivity contribution is 7.99. The van der Waals surface area contributed by atoms with Crippen LogP contribution < -0.4 is 4.90 Å². The maximum Gasteiger partial charge on any atom is 0.0504 e. The van der Waals surface area contributed by atoms with Gasteiger partial charge in [0.25, 0.3) is 0 Å². The van der Waals surface area contributed by atoms with Gasteiger partial charge in [-0.3, -0.25) is 0 Å². The van der Waals surface area contributed by atoms with Crippen LogP contribution in [0.15, 0.2) is 29.2 Å². The third-order valence-electron chi connectivity index (χ3n) is 2.39. The van der Waals surface area contributed by atoms with Gasteiger partial charge in [0.15, 0.2) is 0 Å². The lowest BCUT2D eigenvalue weighted by molar-refractivity contribution is 0.748. The molecule has 1 atom stereocenters. The van der Waals surface area contributed by atoms with Crippen LogP contribution in [0.3, 0.4) is 0 Å². The monoisotopic (exact) mass is 179 g/mol. The molecule has 1 unspecified atom stereocenters. The molecule has 1 aromatic carbocycles. The Balaban J connectivity index is 2.42. The van der Waals surface area contributed by atoms with Crippen LogP contribution in [0.25, 0.3) is 0 Å². The molecule has 0 bridgehead atoms. The maximum absolute atomic E-state index is 2.35. The number of thioether (sulfide) groups is 1. The normalized spacial score (nSPS) is 22.2. The van der Waals surface area contributed by atoms with E-state index in [0.29, 0.717) is 6.04 Å². The summed E-state index contributed by atoms with van der Waals surface area (Å²) in [7, 11) is 2.17. The SMILES string of the molecule is CC1CSc2ccccc2N1C. The van der Waals surface area contributed by atoms with Crippen molar-refractivity contribution in [1.82, 2.24) is 0 Å². The van der Waals surface area contributed by atoms with Gasteiger partial charge in [-0.25, -0.2) is 0 Å². The molecule has 0 aliphatic carbocycles. The van der Waals surface area contributed by atoms with E-state index in [1.807, 2.05) is 11.8 Å². The zero-order valence-electron chi connectivity index (χ0n) is 7.45. The summed E-state index contributed by atoms with van der Waals surface area (Å²) in [5.74, 6) is 1.20. The summed E-state index contributed by atoms with van der Waals surface area (Å²) >= 11 is 1.96. The highest BCUT2D eigenvalue weighted by Crippen LogP contribution is 2.35. The molecule has 0 N–H and O–H groups in total. The van der Waals surface area contributed by atoms with E-state index in [4.69, 9.17) is 0 Å². The van der Waals surface area contributed by atoms with Crippen molar-refractivity contribution < 1.29 is 0 Å². The van der Waals surface area contributed by atoms with Gasteiger partial charge in [-0.2, -0.15) is 0 Å². The second kappa shape index (κ2) is 3.02. The average molecular weight is 179 g/mol. The van der Waals surface area contributed by atoms with E-state index in [9.17, 15) is 0 Å². The van der Waals surface area contributed by atoms with Gasteiger partial charge in [-0.05, 0) is 19.1 Å². The minimum atomic E-state index is 0.657. The fourth-order valence-electron chi connectivity index (χ4n) is 1.43. The topological polar surface area (TPSA) is 3.24 Å². The summed E-state index contributed by atoms with van der Waals surface area (Å²) in [6.45, 7) is 2.27. The molecule has 0 spiro atoms. The molecule has 1 heterocycles. The van der Waals surface area contributed by atoms with Crippen molar-refractivity contribution in [3.05, 3.63) is 24.3 Å². The van der Waals surface area contributed by atoms with Gasteiger partial charge in [0, 0.05) is 23.7 Å². The van der Waals surface area contributed by atoms with Crippen molar-refractivity contribution in [2.45, 2.75) is 17.9 Å². The number of hydrogen-bond acceptors (Lipinski definition) is 2. The summed E-state index contributed by atoms with van der Waals surface area (Å²) in [5, 5.41) is 0. The Kier molecular flexibility index (Phi) is 2.01. The molecule has 64 valence electrons. The highest BCUT2D eigenvalue weighted by Gasteiger charge is 2.18. The van der Waals surface area contributed by atoms with E-state index < -0.39 is 0 Å². The van der Waals surface area contributed by atoms with E-state index >= 15 is 0 Å². The van der Waals surface area contributed by atoms with E-state index in [1.54, 1.807) is 0 Å². The van der Waals surface area contributed by atoms with Gasteiger partial charge in [-0.15, -0.1) is 11.8 Å². The number of nitrogens with zero attached hydrogens (tertiary/aromatic N) is 1. The van der Waals surface area contributed by atoms with Gasteiger partial charge >= 0.3 is 0 Å². The van der Waals surface area contributed by atoms with Gasteiger partial charge in [0.2, 0.25) is 0 Å². The largest absolute Gasteiger partial charge is 0.370 e. The molecular weight excluding hydrogens is 166 g/mol. The number of fused-ring (bicyclic) bond motifs is 1. The van der Waals surface area contributed by atoms with Crippen LogP contribution in [-0.4, -0.2) is 18.8 Å². The van der Waals surface area contributed by atoms with Gasteiger partial charge in [0.05, 0.1) is 5.69 Å². The third-order valence-corrected chi connectivity index (χ3v) is 3.69. The Hall–Kier alpha value is -0.630. The van der Waals surface area contributed by atoms with Crippen LogP contribution in [0.1, 0.15) is 6.92 Å². The highest BCUT2D eigenvalue weighted by atomic mass is 32.2. The summed E-state index contributed by atoms with van der Waals surface area (Å²) in [6.07, 6.45) is 0. The summed E-state index contributed by atoms with van der Waals surface area (Å²) < 4.78 is 0. The van der Waals surface area contributed by atoms with E-state index in [2.05, 4.69) is 43.1 Å². The molecule has 2 rings (SSSR count). The Morgan fingerprint density at radius 1 is 1.42 bits per heavy atom. The zero-order chi connectivity index (χ0) is 8.55. The van der Waals surface area contributed by atoms with Crippen LogP contribution in [0.4, 0.5) is 5.69 Å². The average Bonchev–Trinajstić information content (AvgIpc) is 2.12. The summed E-state index contributed by atoms with van der Waals surface area (Å²) in [6, 6.07) is 9.26. The molecule has 0 saturated heterocycles. The predicted molar refractivity (Wildman–Crippen MR) is 55.0 cm³/mol. The number of benzene rings is 1. The smallest absolute Gasteiger partial charge is 0.0504 e. The molecule has 0 aromatic heterocycles. The summed E-state index contributed by atoms with van der Waals surface area (Å²) in [5.41, 5.74) is 1.38. The van der Waals surface area contributed by atoms with Crippen LogP contribution in [0, 0.1) is 0 Å². The first-order valence-corrected chi connectivity index (χ1v) is 5.22. The zero-order valence-corrected chi connectivity index (χ0v) is 8.27. The molecular formula is C10H13NS. The molecule has 0 amide bonds. The predicted octanol–water partition coefficient (Wildman–Crippen LogP) is 2.62. The lowest BCUT2D eigenvalue weighted by Crippen LogP contribution is -2.33. The molecule has 1 aliphatic rings. The van der Waals surface area contributed by atoms with E-state index in [1.165, 1.54) is 16.3 Å². The first-order chi connectivity index (χ1) is 5.79.